The van der Waals surface area contributed by atoms with Gasteiger partial charge in [0.1, 0.15) is 5.01 Å². The molecule has 0 aliphatic carbocycles. The predicted octanol–water partition coefficient (Wildman–Crippen LogP) is 1.64. The summed E-state index contributed by atoms with van der Waals surface area (Å²) in [4.78, 5) is 26.3. The molecule has 1 heterocycles. The number of carbonyl (C=O) groups is 2. The molecule has 6 nitrogen and oxygen atoms in total. The van der Waals surface area contributed by atoms with Gasteiger partial charge in [-0.25, -0.2) is 4.98 Å². The summed E-state index contributed by atoms with van der Waals surface area (Å²) in [5.41, 5.74) is 0.500. The Kier molecular flexibility index (Phi) is 8.61. The number of carboxylic acids is 1. The number of aliphatic carboxylic acids is 1. The highest BCUT2D eigenvalue weighted by Gasteiger charge is 2.09. The lowest BCUT2D eigenvalue weighted by Crippen LogP contribution is -2.26. The Hall–Kier alpha value is -1.47. The van der Waals surface area contributed by atoms with Crippen LogP contribution < -0.4 is 5.32 Å². The third-order valence-corrected chi connectivity index (χ3v) is 3.57. The van der Waals surface area contributed by atoms with Crippen LogP contribution in [0.5, 0.6) is 0 Å². The van der Waals surface area contributed by atoms with Crippen LogP contribution in [0.1, 0.15) is 36.9 Å². The summed E-state index contributed by atoms with van der Waals surface area (Å²) >= 11 is 1.31. The van der Waals surface area contributed by atoms with Crippen LogP contribution in [-0.2, 0) is 27.2 Å². The van der Waals surface area contributed by atoms with E-state index in [1.54, 1.807) is 5.38 Å². The lowest BCUT2D eigenvalue weighted by Gasteiger charge is -2.05. The average Bonchev–Trinajstić information content (AvgIpc) is 2.84. The van der Waals surface area contributed by atoms with Crippen molar-refractivity contribution in [1.82, 2.24) is 10.3 Å². The maximum Gasteiger partial charge on any atom is 0.309 e. The number of rotatable bonds is 11. The van der Waals surface area contributed by atoms with E-state index in [0.29, 0.717) is 23.9 Å². The number of amides is 1. The number of aromatic nitrogens is 1. The van der Waals surface area contributed by atoms with Gasteiger partial charge in [0.25, 0.3) is 0 Å². The van der Waals surface area contributed by atoms with Crippen molar-refractivity contribution in [3.63, 3.8) is 0 Å². The van der Waals surface area contributed by atoms with Crippen LogP contribution in [-0.4, -0.2) is 41.7 Å². The van der Waals surface area contributed by atoms with Gasteiger partial charge >= 0.3 is 5.97 Å². The van der Waals surface area contributed by atoms with Crippen LogP contribution in [0.3, 0.4) is 0 Å². The number of thiazole rings is 1. The van der Waals surface area contributed by atoms with E-state index < -0.39 is 5.97 Å². The van der Waals surface area contributed by atoms with Crippen LogP contribution >= 0.6 is 11.3 Å². The Bertz CT molecular complexity index is 448. The first-order valence-electron chi connectivity index (χ1n) is 7.11. The Morgan fingerprint density at radius 2 is 2.10 bits per heavy atom. The van der Waals surface area contributed by atoms with Gasteiger partial charge in [0.05, 0.1) is 18.5 Å². The largest absolute Gasteiger partial charge is 0.481 e. The zero-order valence-corrected chi connectivity index (χ0v) is 13.1. The van der Waals surface area contributed by atoms with Crippen molar-refractivity contribution in [1.29, 1.82) is 0 Å². The normalized spacial score (nSPS) is 10.5. The van der Waals surface area contributed by atoms with Crippen LogP contribution in [0.25, 0.3) is 0 Å². The van der Waals surface area contributed by atoms with Gasteiger partial charge in [-0.3, -0.25) is 9.59 Å². The lowest BCUT2D eigenvalue weighted by molar-refractivity contribution is -0.136. The number of hydrogen-bond acceptors (Lipinski definition) is 5. The molecule has 0 bridgehead atoms. The van der Waals surface area contributed by atoms with E-state index in [0.717, 1.165) is 25.9 Å². The molecule has 1 aromatic rings. The first-order chi connectivity index (χ1) is 10.1. The Balaban J connectivity index is 2.13. The molecule has 1 aromatic heterocycles. The fourth-order valence-corrected chi connectivity index (χ4v) is 2.41. The van der Waals surface area contributed by atoms with E-state index in [1.165, 1.54) is 11.3 Å². The number of hydrogen-bond donors (Lipinski definition) is 2. The Morgan fingerprint density at radius 3 is 2.81 bits per heavy atom. The fourth-order valence-electron chi connectivity index (χ4n) is 1.62. The molecule has 0 unspecified atom stereocenters. The molecule has 1 amide bonds. The number of carbonyl (C=O) groups excluding carboxylic acids is 1. The summed E-state index contributed by atoms with van der Waals surface area (Å²) in [5.74, 6) is -1.01. The molecule has 0 saturated carbocycles. The first kappa shape index (κ1) is 17.6. The van der Waals surface area contributed by atoms with Gasteiger partial charge in [-0.1, -0.05) is 13.3 Å². The highest BCUT2D eigenvalue weighted by atomic mass is 32.1. The van der Waals surface area contributed by atoms with E-state index in [1.807, 2.05) is 0 Å². The van der Waals surface area contributed by atoms with Gasteiger partial charge in [0.2, 0.25) is 5.91 Å². The number of carboxylic acid groups (broad SMARTS) is 1. The lowest BCUT2D eigenvalue weighted by atomic mass is 10.3. The second-order valence-corrected chi connectivity index (χ2v) is 5.59. The van der Waals surface area contributed by atoms with Crippen molar-refractivity contribution < 1.29 is 19.4 Å². The topological polar surface area (TPSA) is 88.5 Å². The molecule has 1 rings (SSSR count). The van der Waals surface area contributed by atoms with E-state index in [2.05, 4.69) is 17.2 Å². The van der Waals surface area contributed by atoms with E-state index >= 15 is 0 Å². The molecular formula is C14H22N2O4S. The van der Waals surface area contributed by atoms with Crippen LogP contribution in [0, 0.1) is 0 Å². The monoisotopic (exact) mass is 314 g/mol. The fraction of sp³-hybridized carbons (Fsp3) is 0.643. The number of nitrogens with one attached hydrogen (secondary N) is 1. The number of ether oxygens (including phenoxy) is 1. The number of unbranched alkanes of at least 4 members (excludes halogenated alkanes) is 1. The zero-order chi connectivity index (χ0) is 15.5. The quantitative estimate of drug-likeness (QED) is 0.606. The third-order valence-electron chi connectivity index (χ3n) is 2.67. The molecule has 2 N–H and O–H groups in total. The van der Waals surface area contributed by atoms with Crippen molar-refractivity contribution >= 4 is 23.2 Å². The summed E-state index contributed by atoms with van der Waals surface area (Å²) in [5, 5.41) is 13.8. The molecule has 0 aliphatic rings. The second kappa shape index (κ2) is 10.3. The molecule has 0 aliphatic heterocycles. The Labute approximate surface area is 128 Å². The van der Waals surface area contributed by atoms with Gasteiger partial charge in [-0.05, 0) is 12.8 Å². The predicted molar refractivity (Wildman–Crippen MR) is 80.5 cm³/mol. The van der Waals surface area contributed by atoms with Crippen LogP contribution in [0.2, 0.25) is 0 Å². The SMILES string of the molecule is CCCCOCCCNC(=O)Cc1nc(CC(=O)O)cs1. The molecule has 21 heavy (non-hydrogen) atoms. The molecular weight excluding hydrogens is 292 g/mol. The zero-order valence-electron chi connectivity index (χ0n) is 12.3. The minimum atomic E-state index is -0.917. The van der Waals surface area contributed by atoms with Crippen LogP contribution in [0.15, 0.2) is 5.38 Å². The minimum absolute atomic E-state index is 0.0974. The second-order valence-electron chi connectivity index (χ2n) is 4.65. The summed E-state index contributed by atoms with van der Waals surface area (Å²) < 4.78 is 5.40. The standard InChI is InChI=1S/C14H22N2O4S/c1-2-3-6-20-7-4-5-15-12(17)9-13-16-11(10-21-13)8-14(18)19/h10H,2-9H2,1H3,(H,15,17)(H,18,19). The highest BCUT2D eigenvalue weighted by Crippen LogP contribution is 2.11. The Morgan fingerprint density at radius 1 is 1.33 bits per heavy atom. The van der Waals surface area contributed by atoms with Crippen molar-refractivity contribution in [2.45, 2.75) is 39.0 Å². The average molecular weight is 314 g/mol. The van der Waals surface area contributed by atoms with E-state index in [-0.39, 0.29) is 18.7 Å². The third kappa shape index (κ3) is 8.41. The molecule has 118 valence electrons. The summed E-state index contributed by atoms with van der Waals surface area (Å²) in [6.45, 7) is 4.12. The molecule has 7 heteroatoms. The molecule has 0 aromatic carbocycles. The maximum absolute atomic E-state index is 11.7. The van der Waals surface area contributed by atoms with Crippen molar-refractivity contribution in [2.75, 3.05) is 19.8 Å². The maximum atomic E-state index is 11.7. The molecule has 0 atom stereocenters. The van der Waals surface area contributed by atoms with Crippen LogP contribution in [0.4, 0.5) is 0 Å². The smallest absolute Gasteiger partial charge is 0.309 e. The van der Waals surface area contributed by atoms with Crippen molar-refractivity contribution in [3.8, 4) is 0 Å². The highest BCUT2D eigenvalue weighted by molar-refractivity contribution is 7.09. The van der Waals surface area contributed by atoms with E-state index in [9.17, 15) is 9.59 Å². The van der Waals surface area contributed by atoms with E-state index in [4.69, 9.17) is 9.84 Å². The van der Waals surface area contributed by atoms with Gasteiger partial charge < -0.3 is 15.2 Å². The molecule has 0 saturated heterocycles. The summed E-state index contributed by atoms with van der Waals surface area (Å²) in [6.07, 6.45) is 3.06. The van der Waals surface area contributed by atoms with Gasteiger partial charge in [-0.15, -0.1) is 11.3 Å². The van der Waals surface area contributed by atoms with Crippen molar-refractivity contribution in [2.24, 2.45) is 0 Å². The first-order valence-corrected chi connectivity index (χ1v) is 7.99. The van der Waals surface area contributed by atoms with Gasteiger partial charge in [-0.2, -0.15) is 0 Å². The molecule has 0 spiro atoms. The summed E-state index contributed by atoms with van der Waals surface area (Å²) in [7, 11) is 0. The van der Waals surface area contributed by atoms with Crippen molar-refractivity contribution in [3.05, 3.63) is 16.1 Å². The minimum Gasteiger partial charge on any atom is -0.481 e. The number of nitrogens with zero attached hydrogens (tertiary/aromatic N) is 1. The summed E-state index contributed by atoms with van der Waals surface area (Å²) in [6, 6.07) is 0. The van der Waals surface area contributed by atoms with Gasteiger partial charge in [0.15, 0.2) is 0 Å². The van der Waals surface area contributed by atoms with Gasteiger partial charge in [0, 0.05) is 25.1 Å². The molecule has 0 fully saturated rings. The molecule has 0 radical (unpaired) electrons.